The monoisotopic (exact) mass is 657 g/mol. The molecule has 6 aromatic rings. The number of methoxy groups -OCH3 is 1. The van der Waals surface area contributed by atoms with E-state index in [2.05, 4.69) is 43.4 Å². The Hall–Kier alpha value is -5.16. The fraction of sp³-hybridized carbons (Fsp3) is 0.368. The predicted octanol–water partition coefficient (Wildman–Crippen LogP) is 5.90. The lowest BCUT2D eigenvalue weighted by Crippen LogP contribution is -2.41. The van der Waals surface area contributed by atoms with Gasteiger partial charge in [-0.25, -0.2) is 14.8 Å². The highest BCUT2D eigenvalue weighted by molar-refractivity contribution is 6.07. The van der Waals surface area contributed by atoms with E-state index in [1.165, 1.54) is 12.8 Å². The van der Waals surface area contributed by atoms with Crippen LogP contribution in [0.25, 0.3) is 55.6 Å². The molecule has 2 bridgehead atoms. The minimum atomic E-state index is -0.463. The highest BCUT2D eigenvalue weighted by atomic mass is 16.5. The number of carbonyl (C=O) groups excluding carboxylic acids is 2. The highest BCUT2D eigenvalue weighted by Gasteiger charge is 2.47. The van der Waals surface area contributed by atoms with E-state index in [1.807, 2.05) is 42.3 Å². The number of imidazole rings is 2. The summed E-state index contributed by atoms with van der Waals surface area (Å²) in [5.74, 6) is 2.17. The number of nitrogens with zero attached hydrogens (tertiary/aromatic N) is 5. The van der Waals surface area contributed by atoms with Gasteiger partial charge >= 0.3 is 5.97 Å². The summed E-state index contributed by atoms with van der Waals surface area (Å²) in [5, 5.41) is 1.11. The zero-order valence-corrected chi connectivity index (χ0v) is 27.9. The molecule has 3 atom stereocenters. The van der Waals surface area contributed by atoms with Crippen molar-refractivity contribution in [1.82, 2.24) is 29.0 Å². The first-order valence-corrected chi connectivity index (χ1v) is 17.2. The first-order chi connectivity index (χ1) is 23.8. The number of aryl methyl sites for hydroxylation is 1. The summed E-state index contributed by atoms with van der Waals surface area (Å²) in [4.78, 5) is 41.1. The summed E-state index contributed by atoms with van der Waals surface area (Å²) in [7, 11) is 3.66. The van der Waals surface area contributed by atoms with Crippen LogP contribution in [0.1, 0.15) is 53.6 Å². The van der Waals surface area contributed by atoms with Gasteiger partial charge in [-0.3, -0.25) is 4.79 Å². The lowest BCUT2D eigenvalue weighted by atomic mass is 10.0. The Labute approximate surface area is 283 Å². The minimum Gasteiger partial charge on any atom is -0.494 e. The summed E-state index contributed by atoms with van der Waals surface area (Å²) < 4.78 is 15.4. The number of fused-ring (bicyclic) bond motifs is 5. The number of nitrogens with two attached hydrogens (primary N) is 1. The van der Waals surface area contributed by atoms with Gasteiger partial charge in [-0.05, 0) is 92.0 Å². The van der Waals surface area contributed by atoms with Gasteiger partial charge in [-0.15, -0.1) is 0 Å². The van der Waals surface area contributed by atoms with Crippen molar-refractivity contribution in [3.8, 4) is 28.4 Å². The number of nitrogens with one attached hydrogen (secondary N) is 1. The number of ether oxygens (including phenoxy) is 2. The van der Waals surface area contributed by atoms with Crippen molar-refractivity contribution in [3.63, 3.8) is 0 Å². The van der Waals surface area contributed by atoms with E-state index < -0.39 is 5.97 Å². The zero-order chi connectivity index (χ0) is 33.6. The smallest absolute Gasteiger partial charge is 0.374 e. The Kier molecular flexibility index (Phi) is 6.84. The second-order valence-electron chi connectivity index (χ2n) is 13.8. The zero-order valence-electron chi connectivity index (χ0n) is 27.9. The molecule has 1 aliphatic heterocycles. The summed E-state index contributed by atoms with van der Waals surface area (Å²) in [5.41, 5.74) is 14.2. The average Bonchev–Trinajstić information content (AvgIpc) is 3.37. The maximum atomic E-state index is 14.1. The molecule has 3 fully saturated rings. The van der Waals surface area contributed by atoms with Crippen molar-refractivity contribution < 1.29 is 19.1 Å². The fourth-order valence-corrected chi connectivity index (χ4v) is 8.14. The molecule has 3 aliphatic rings. The number of aromatic nitrogens is 5. The number of esters is 1. The van der Waals surface area contributed by atoms with E-state index >= 15 is 0 Å². The SMILES string of the molecule is CCOC(=O)c1nc2cc(-c3ccc4cc(-c5nc6c(C(=O)N7C[C@H]8CC[C@@H]7[C@@H]8N)ccc(OC)c6n5C)n(CC5CC5)c4c3)ccc2[nH]1. The van der Waals surface area contributed by atoms with Gasteiger partial charge in [0.25, 0.3) is 5.91 Å². The molecule has 1 amide bonds. The molecule has 3 aromatic carbocycles. The molecule has 0 unspecified atom stereocenters. The Morgan fingerprint density at radius 3 is 2.55 bits per heavy atom. The van der Waals surface area contributed by atoms with E-state index in [1.54, 1.807) is 14.0 Å². The van der Waals surface area contributed by atoms with Gasteiger partial charge in [0.1, 0.15) is 16.8 Å². The topological polar surface area (TPSA) is 133 Å². The van der Waals surface area contributed by atoms with Gasteiger partial charge in [-0.2, -0.15) is 0 Å². The number of amides is 1. The van der Waals surface area contributed by atoms with Gasteiger partial charge in [0.2, 0.25) is 5.82 Å². The van der Waals surface area contributed by atoms with Crippen molar-refractivity contribution in [2.24, 2.45) is 24.6 Å². The molecule has 250 valence electrons. The molecule has 0 radical (unpaired) electrons. The third-order valence-electron chi connectivity index (χ3n) is 10.9. The van der Waals surface area contributed by atoms with Crippen molar-refractivity contribution in [2.45, 2.75) is 51.2 Å². The molecule has 2 aliphatic carbocycles. The maximum absolute atomic E-state index is 14.1. The van der Waals surface area contributed by atoms with E-state index in [-0.39, 0.29) is 23.8 Å². The van der Waals surface area contributed by atoms with Crippen LogP contribution in [-0.4, -0.2) is 73.2 Å². The van der Waals surface area contributed by atoms with E-state index in [4.69, 9.17) is 20.2 Å². The molecule has 3 N–H and O–H groups in total. The molecule has 0 spiro atoms. The molecule has 9 rings (SSSR count). The average molecular weight is 658 g/mol. The first kappa shape index (κ1) is 29.9. The number of hydrogen-bond donors (Lipinski definition) is 2. The maximum Gasteiger partial charge on any atom is 0.374 e. The number of hydrogen-bond acceptors (Lipinski definition) is 7. The first-order valence-electron chi connectivity index (χ1n) is 17.2. The van der Waals surface area contributed by atoms with Crippen LogP contribution in [-0.2, 0) is 18.3 Å². The molecule has 11 heteroatoms. The molecular formula is C38H39N7O4. The normalized spacial score (nSPS) is 20.2. The Morgan fingerprint density at radius 1 is 1.00 bits per heavy atom. The second kappa shape index (κ2) is 11.2. The van der Waals surface area contributed by atoms with Crippen LogP contribution < -0.4 is 10.5 Å². The molecule has 1 saturated heterocycles. The highest BCUT2D eigenvalue weighted by Crippen LogP contribution is 2.41. The quantitative estimate of drug-likeness (QED) is 0.195. The summed E-state index contributed by atoms with van der Waals surface area (Å²) in [6.45, 7) is 3.65. The van der Waals surface area contributed by atoms with Crippen LogP contribution in [0.4, 0.5) is 0 Å². The lowest BCUT2D eigenvalue weighted by molar-refractivity contribution is 0.0513. The number of likely N-dealkylation sites (tertiary alicyclic amines) is 1. The minimum absolute atomic E-state index is 0.00798. The molecule has 11 nitrogen and oxygen atoms in total. The Morgan fingerprint density at radius 2 is 1.82 bits per heavy atom. The largest absolute Gasteiger partial charge is 0.494 e. The predicted molar refractivity (Wildman–Crippen MR) is 187 cm³/mol. The van der Waals surface area contributed by atoms with Crippen LogP contribution in [0.2, 0.25) is 0 Å². The number of rotatable bonds is 8. The molecule has 4 heterocycles. The van der Waals surface area contributed by atoms with Gasteiger partial charge < -0.3 is 34.2 Å². The van der Waals surface area contributed by atoms with E-state index in [9.17, 15) is 9.59 Å². The van der Waals surface area contributed by atoms with Gasteiger partial charge in [0, 0.05) is 43.1 Å². The van der Waals surface area contributed by atoms with Gasteiger partial charge in [0.15, 0.2) is 5.82 Å². The van der Waals surface area contributed by atoms with Crippen molar-refractivity contribution >= 4 is 44.8 Å². The van der Waals surface area contributed by atoms with Crippen molar-refractivity contribution in [2.75, 3.05) is 20.3 Å². The molecule has 3 aromatic heterocycles. The number of aromatic amines is 1. The van der Waals surface area contributed by atoms with Crippen molar-refractivity contribution in [1.29, 1.82) is 0 Å². The number of benzene rings is 3. The van der Waals surface area contributed by atoms with Crippen LogP contribution in [0.15, 0.2) is 54.6 Å². The Balaban J connectivity index is 1.15. The van der Waals surface area contributed by atoms with Gasteiger partial charge in [-0.1, -0.05) is 18.2 Å². The molecule has 2 saturated carbocycles. The molecular weight excluding hydrogens is 618 g/mol. The third-order valence-corrected chi connectivity index (χ3v) is 10.9. The second-order valence-corrected chi connectivity index (χ2v) is 13.8. The van der Waals surface area contributed by atoms with Crippen LogP contribution >= 0.6 is 0 Å². The van der Waals surface area contributed by atoms with Gasteiger partial charge in [0.05, 0.1) is 36.0 Å². The standard InChI is InChI=1S/C38H39N7O4/c1-4-49-38(47)35-40-26-12-9-21(15-27(26)41-35)22-7-8-23-17-30(44(29(23)16-22)18-20-5-6-20)36-42-33-25(11-14-31(48-3)34(33)43(36)2)37(46)45-19-24-10-13-28(45)32(24)39/h7-9,11-12,14-17,20,24,28,32H,4-6,10,13,18-19,39H2,1-3H3,(H,40,41)/t24-,28-,32-/m1/s1. The summed E-state index contributed by atoms with van der Waals surface area (Å²) in [6.07, 6.45) is 4.44. The third kappa shape index (κ3) is 4.74. The summed E-state index contributed by atoms with van der Waals surface area (Å²) in [6, 6.07) is 18.6. The number of H-pyrrole nitrogens is 1. The number of piperidine rings is 1. The Bertz CT molecular complexity index is 2310. The van der Waals surface area contributed by atoms with Crippen LogP contribution in [0, 0.1) is 11.8 Å². The molecule has 49 heavy (non-hydrogen) atoms. The number of carbonyl (C=O) groups is 2. The van der Waals surface area contributed by atoms with Crippen LogP contribution in [0.3, 0.4) is 0 Å². The van der Waals surface area contributed by atoms with Crippen molar-refractivity contribution in [3.05, 3.63) is 66.0 Å². The fourth-order valence-electron chi connectivity index (χ4n) is 8.14. The summed E-state index contributed by atoms with van der Waals surface area (Å²) >= 11 is 0. The van der Waals surface area contributed by atoms with Crippen LogP contribution in [0.5, 0.6) is 5.75 Å². The van der Waals surface area contributed by atoms with E-state index in [0.29, 0.717) is 47.3 Å². The van der Waals surface area contributed by atoms with E-state index in [0.717, 1.165) is 64.0 Å². The lowest BCUT2D eigenvalue weighted by Gasteiger charge is -2.27.